The monoisotopic (exact) mass is 221 g/mol. The summed E-state index contributed by atoms with van der Waals surface area (Å²) in [4.78, 5) is 0. The first-order valence-electron chi connectivity index (χ1n) is 2.43. The summed E-state index contributed by atoms with van der Waals surface area (Å²) in [6.07, 6.45) is 4.20. The molecule has 1 aliphatic rings. The first kappa shape index (κ1) is 6.01. The molecule has 1 nitrogen and oxygen atoms in total. The van der Waals surface area contributed by atoms with E-state index in [4.69, 9.17) is 0 Å². The first-order valence-corrected chi connectivity index (χ1v) is 4.92. The summed E-state index contributed by atoms with van der Waals surface area (Å²) in [5, 5.41) is 3.09. The summed E-state index contributed by atoms with van der Waals surface area (Å²) in [6.45, 7) is 0. The molecule has 0 bridgehead atoms. The molecule has 8 heavy (non-hydrogen) atoms. The van der Waals surface area contributed by atoms with Crippen molar-refractivity contribution < 1.29 is 0 Å². The number of likely N-dealkylation sites (N-methyl/N-ethyl adjacent to an activating group) is 1. The van der Waals surface area contributed by atoms with Gasteiger partial charge in [0.2, 0.25) is 0 Å². The smallest absolute Gasteiger partial charge is 0.0395 e. The van der Waals surface area contributed by atoms with E-state index in [0.29, 0.717) is 0 Å². The van der Waals surface area contributed by atoms with Gasteiger partial charge in [-0.25, -0.2) is 0 Å². The van der Waals surface area contributed by atoms with Crippen molar-refractivity contribution in [3.63, 3.8) is 0 Å². The molecule has 1 heterocycles. The zero-order valence-corrected chi connectivity index (χ0v) is 6.84. The molecule has 44 valence electrons. The molecule has 0 radical (unpaired) electrons. The zero-order chi connectivity index (χ0) is 5.82. The minimum atomic E-state index is 0.232. The second kappa shape index (κ2) is 3.02. The third-order valence-corrected chi connectivity index (χ3v) is 2.75. The van der Waals surface area contributed by atoms with Gasteiger partial charge in [-0.2, -0.15) is 0 Å². The lowest BCUT2D eigenvalue weighted by Gasteiger charge is -1.98. The van der Waals surface area contributed by atoms with Gasteiger partial charge in [-0.15, -0.1) is 0 Å². The third-order valence-electron chi connectivity index (χ3n) is 0.890. The van der Waals surface area contributed by atoms with Gasteiger partial charge in [0.15, 0.2) is 0 Å². The Labute approximate surface area is 59.2 Å². The number of hydrogen-bond donors (Lipinski definition) is 1. The van der Waals surface area contributed by atoms with Gasteiger partial charge in [-0.3, -0.25) is 0 Å². The van der Waals surface area contributed by atoms with Gasteiger partial charge >= 0.3 is 0 Å². The van der Waals surface area contributed by atoms with Crippen molar-refractivity contribution in [2.45, 2.75) is 0 Å². The summed E-state index contributed by atoms with van der Waals surface area (Å²) in [7, 11) is 1.95. The van der Waals surface area contributed by atoms with Crippen molar-refractivity contribution in [3.8, 4) is 0 Å². The average Bonchev–Trinajstić information content (AvgIpc) is 1.90. The van der Waals surface area contributed by atoms with Crippen LogP contribution in [0.15, 0.2) is 21.9 Å². The van der Waals surface area contributed by atoms with Gasteiger partial charge in [0.05, 0.1) is 0 Å². The molecule has 1 N–H and O–H groups in total. The van der Waals surface area contributed by atoms with Crippen molar-refractivity contribution in [2.24, 2.45) is 0 Å². The Kier molecular flexibility index (Phi) is 2.27. The third kappa shape index (κ3) is 1.43. The lowest BCUT2D eigenvalue weighted by Crippen LogP contribution is -2.02. The van der Waals surface area contributed by atoms with Crippen molar-refractivity contribution >= 4 is 24.7 Å². The quantitative estimate of drug-likeness (QED) is 0.659. The van der Waals surface area contributed by atoms with Gasteiger partial charge in [0.25, 0.3) is 0 Å². The Hall–Kier alpha value is -0.120. The van der Waals surface area contributed by atoms with Crippen LogP contribution in [0.4, 0.5) is 0 Å². The Balaban J connectivity index is 2.68. The summed E-state index contributed by atoms with van der Waals surface area (Å²) < 4.78 is 4.50. The first-order chi connectivity index (χ1) is 3.93. The Morgan fingerprint density at radius 2 is 2.50 bits per heavy atom. The molecule has 0 saturated carbocycles. The van der Waals surface area contributed by atoms with Crippen LogP contribution in [0.25, 0.3) is 0 Å². The molecular formula is C6H8IN. The molecule has 0 aromatic heterocycles. The maximum Gasteiger partial charge on any atom is 0.0395 e. The molecule has 0 aromatic carbocycles. The van der Waals surface area contributed by atoms with Crippen LogP contribution >= 0.6 is 20.7 Å². The second-order valence-corrected chi connectivity index (χ2v) is 3.49. The lowest BCUT2D eigenvalue weighted by atomic mass is 10.4. The van der Waals surface area contributed by atoms with Gasteiger partial charge < -0.3 is 5.32 Å². The van der Waals surface area contributed by atoms with Gasteiger partial charge in [-0.1, -0.05) is 26.8 Å². The minimum absolute atomic E-state index is 0.232. The standard InChI is InChI=1S/C6H8IN/c1-8-6-3-2-4-7-5-6/h2-5,8H,1H3. The van der Waals surface area contributed by atoms with E-state index >= 15 is 0 Å². The number of hydrogen-bond acceptors (Lipinski definition) is 1. The predicted octanol–water partition coefficient (Wildman–Crippen LogP) is 1.39. The van der Waals surface area contributed by atoms with Crippen LogP contribution in [-0.4, -0.2) is 11.1 Å². The molecule has 0 atom stereocenters. The summed E-state index contributed by atoms with van der Waals surface area (Å²) >= 11 is 0.232. The highest BCUT2D eigenvalue weighted by Gasteiger charge is 1.84. The van der Waals surface area contributed by atoms with Crippen molar-refractivity contribution in [2.75, 3.05) is 7.05 Å². The van der Waals surface area contributed by atoms with Crippen molar-refractivity contribution in [3.05, 3.63) is 21.9 Å². The van der Waals surface area contributed by atoms with Gasteiger partial charge in [-0.05, 0) is 14.2 Å². The van der Waals surface area contributed by atoms with E-state index in [2.05, 4.69) is 25.6 Å². The SMILES string of the molecule is CNC1=CI=CC=C1. The van der Waals surface area contributed by atoms with E-state index in [1.54, 1.807) is 0 Å². The van der Waals surface area contributed by atoms with E-state index < -0.39 is 0 Å². The minimum Gasteiger partial charge on any atom is -0.388 e. The molecule has 0 unspecified atom stereocenters. The topological polar surface area (TPSA) is 12.0 Å². The van der Waals surface area contributed by atoms with Crippen LogP contribution in [0.2, 0.25) is 0 Å². The van der Waals surface area contributed by atoms with Crippen LogP contribution < -0.4 is 5.32 Å². The summed E-state index contributed by atoms with van der Waals surface area (Å²) in [5.41, 5.74) is 1.26. The molecule has 0 fully saturated rings. The fourth-order valence-electron chi connectivity index (χ4n) is 0.461. The van der Waals surface area contributed by atoms with E-state index in [0.717, 1.165) is 0 Å². The molecule has 1 aliphatic heterocycles. The van der Waals surface area contributed by atoms with Crippen LogP contribution in [-0.2, 0) is 0 Å². The summed E-state index contributed by atoms with van der Waals surface area (Å²) in [5.74, 6) is 0. The lowest BCUT2D eigenvalue weighted by molar-refractivity contribution is 1.04. The Morgan fingerprint density at radius 1 is 1.62 bits per heavy atom. The number of nitrogens with one attached hydrogen (secondary N) is 1. The van der Waals surface area contributed by atoms with Crippen molar-refractivity contribution in [1.29, 1.82) is 0 Å². The maximum atomic E-state index is 3.09. The molecule has 0 saturated heterocycles. The molecule has 0 spiro atoms. The fraction of sp³-hybridized carbons (Fsp3) is 0.167. The predicted molar refractivity (Wildman–Crippen MR) is 46.4 cm³/mol. The van der Waals surface area contributed by atoms with Crippen LogP contribution in [0.1, 0.15) is 0 Å². The average molecular weight is 221 g/mol. The zero-order valence-electron chi connectivity index (χ0n) is 4.69. The highest BCUT2D eigenvalue weighted by Crippen LogP contribution is 2.07. The molecule has 1 rings (SSSR count). The highest BCUT2D eigenvalue weighted by molar-refractivity contribution is 14.2. The van der Waals surface area contributed by atoms with Crippen LogP contribution in [0.5, 0.6) is 0 Å². The fourth-order valence-corrected chi connectivity index (χ4v) is 2.02. The molecule has 2 heteroatoms. The van der Waals surface area contributed by atoms with E-state index in [9.17, 15) is 0 Å². The number of allylic oxidation sites excluding steroid dienone is 2. The second-order valence-electron chi connectivity index (χ2n) is 1.43. The van der Waals surface area contributed by atoms with Crippen molar-refractivity contribution in [1.82, 2.24) is 5.32 Å². The largest absolute Gasteiger partial charge is 0.388 e. The Bertz CT molecular complexity index is 156. The maximum absolute atomic E-state index is 3.09. The van der Waals surface area contributed by atoms with Gasteiger partial charge in [0.1, 0.15) is 0 Å². The van der Waals surface area contributed by atoms with Crippen LogP contribution in [0.3, 0.4) is 0 Å². The summed E-state index contributed by atoms with van der Waals surface area (Å²) in [6, 6.07) is 0. The van der Waals surface area contributed by atoms with E-state index in [-0.39, 0.29) is 20.7 Å². The normalized spacial score (nSPS) is 16.9. The van der Waals surface area contributed by atoms with Crippen LogP contribution in [0, 0.1) is 0 Å². The molecule has 0 amide bonds. The Morgan fingerprint density at radius 3 is 2.88 bits per heavy atom. The van der Waals surface area contributed by atoms with Gasteiger partial charge in [0, 0.05) is 12.7 Å². The number of halogens is 1. The number of rotatable bonds is 1. The van der Waals surface area contributed by atoms with E-state index in [1.807, 2.05) is 7.05 Å². The highest BCUT2D eigenvalue weighted by atomic mass is 127. The van der Waals surface area contributed by atoms with E-state index in [1.165, 1.54) is 5.70 Å². The molecule has 0 aromatic rings. The molecular weight excluding hydrogens is 213 g/mol. The molecule has 0 aliphatic carbocycles.